The molecule has 2 rings (SSSR count). The molecular weight excluding hydrogens is 300 g/mol. The maximum absolute atomic E-state index is 11.6. The van der Waals surface area contributed by atoms with Crippen molar-refractivity contribution in [2.45, 2.75) is 33.5 Å². The number of nitrogens with two attached hydrogens (primary N) is 1. The highest BCUT2D eigenvalue weighted by atomic mass is 16.6. The number of esters is 1. The summed E-state index contributed by atoms with van der Waals surface area (Å²) in [7, 11) is 0. The third-order valence-electron chi connectivity index (χ3n) is 3.57. The van der Waals surface area contributed by atoms with E-state index in [9.17, 15) is 9.59 Å². The van der Waals surface area contributed by atoms with Gasteiger partial charge in [-0.3, -0.25) is 9.59 Å². The van der Waals surface area contributed by atoms with Gasteiger partial charge in [-0.05, 0) is 5.92 Å². The van der Waals surface area contributed by atoms with Gasteiger partial charge in [-0.1, -0.05) is 13.8 Å². The molecule has 2 heterocycles. The van der Waals surface area contributed by atoms with E-state index in [1.807, 2.05) is 13.8 Å². The minimum absolute atomic E-state index is 0.0239. The molecule has 2 aromatic heterocycles. The molecule has 7 heteroatoms. The molecular formula is C16H22N2O5. The molecule has 7 nitrogen and oxygen atoms in total. The van der Waals surface area contributed by atoms with Crippen molar-refractivity contribution in [1.82, 2.24) is 4.57 Å². The second-order valence-electron chi connectivity index (χ2n) is 5.66. The van der Waals surface area contributed by atoms with Crippen molar-refractivity contribution < 1.29 is 23.5 Å². The topological polar surface area (TPSA) is 96.7 Å². The summed E-state index contributed by atoms with van der Waals surface area (Å²) in [5.74, 6) is -0.489. The van der Waals surface area contributed by atoms with E-state index in [2.05, 4.69) is 0 Å². The highest BCUT2D eigenvalue weighted by Gasteiger charge is 2.18. The van der Waals surface area contributed by atoms with Gasteiger partial charge in [-0.15, -0.1) is 0 Å². The molecule has 0 saturated heterocycles. The Kier molecular flexibility index (Phi) is 5.57. The van der Waals surface area contributed by atoms with Gasteiger partial charge in [0.1, 0.15) is 19.4 Å². The molecule has 0 radical (unpaired) electrons. The van der Waals surface area contributed by atoms with Crippen LogP contribution in [-0.4, -0.2) is 35.6 Å². The first-order valence-corrected chi connectivity index (χ1v) is 7.49. The van der Waals surface area contributed by atoms with Crippen LogP contribution in [0, 0.1) is 5.92 Å². The molecule has 2 aromatic rings. The fraction of sp³-hybridized carbons (Fsp3) is 0.500. The number of furan rings is 1. The van der Waals surface area contributed by atoms with E-state index in [4.69, 9.17) is 19.6 Å². The van der Waals surface area contributed by atoms with Gasteiger partial charge < -0.3 is 24.2 Å². The maximum atomic E-state index is 11.6. The Bertz CT molecular complexity index is 686. The van der Waals surface area contributed by atoms with Gasteiger partial charge in [0.05, 0.1) is 24.1 Å². The third-order valence-corrected chi connectivity index (χ3v) is 3.57. The van der Waals surface area contributed by atoms with Crippen LogP contribution in [0.2, 0.25) is 0 Å². The van der Waals surface area contributed by atoms with E-state index < -0.39 is 12.0 Å². The minimum Gasteiger partial charge on any atom is -0.463 e. The van der Waals surface area contributed by atoms with Crippen molar-refractivity contribution >= 4 is 22.9 Å². The average Bonchev–Trinajstić information content (AvgIpc) is 3.07. The Balaban J connectivity index is 1.85. The lowest BCUT2D eigenvalue weighted by Gasteiger charge is -2.14. The van der Waals surface area contributed by atoms with Crippen LogP contribution in [0.15, 0.2) is 22.8 Å². The fourth-order valence-electron chi connectivity index (χ4n) is 2.13. The van der Waals surface area contributed by atoms with Crippen LogP contribution in [0.4, 0.5) is 0 Å². The lowest BCUT2D eigenvalue weighted by Crippen LogP contribution is -2.37. The summed E-state index contributed by atoms with van der Waals surface area (Å²) in [6.07, 6.45) is 1.56. The standard InChI is InChI=1S/C16H22N2O5/c1-10(2)15(17)16(20)23-7-6-21-9-18-12-4-5-22-14(12)8-13(18)11(3)19/h4-5,8,10,15H,6-7,9,17H2,1-3H3/t15-/m1/s1. The van der Waals surface area contributed by atoms with Crippen molar-refractivity contribution in [2.75, 3.05) is 13.2 Å². The van der Waals surface area contributed by atoms with E-state index >= 15 is 0 Å². The number of hydrogen-bond acceptors (Lipinski definition) is 6. The zero-order valence-electron chi connectivity index (χ0n) is 13.6. The van der Waals surface area contributed by atoms with E-state index in [0.717, 1.165) is 5.52 Å². The molecule has 0 aromatic carbocycles. The predicted molar refractivity (Wildman–Crippen MR) is 83.9 cm³/mol. The van der Waals surface area contributed by atoms with Gasteiger partial charge >= 0.3 is 5.97 Å². The Morgan fingerprint density at radius 1 is 1.35 bits per heavy atom. The number of ketones is 1. The molecule has 23 heavy (non-hydrogen) atoms. The van der Waals surface area contributed by atoms with E-state index in [1.165, 1.54) is 6.92 Å². The Hall–Kier alpha value is -2.12. The number of rotatable bonds is 8. The monoisotopic (exact) mass is 322 g/mol. The number of carbonyl (C=O) groups excluding carboxylic acids is 2. The Morgan fingerprint density at radius 2 is 2.09 bits per heavy atom. The molecule has 2 N–H and O–H groups in total. The number of nitrogens with zero attached hydrogens (tertiary/aromatic N) is 1. The number of fused-ring (bicyclic) bond motifs is 1. The zero-order chi connectivity index (χ0) is 17.0. The van der Waals surface area contributed by atoms with E-state index in [0.29, 0.717) is 11.3 Å². The van der Waals surface area contributed by atoms with Crippen molar-refractivity contribution in [1.29, 1.82) is 0 Å². The van der Waals surface area contributed by atoms with Gasteiger partial charge in [0, 0.05) is 19.1 Å². The lowest BCUT2D eigenvalue weighted by molar-refractivity contribution is -0.148. The summed E-state index contributed by atoms with van der Waals surface area (Å²) in [4.78, 5) is 23.2. The van der Waals surface area contributed by atoms with E-state index in [1.54, 1.807) is 23.0 Å². The number of Topliss-reactive ketones (excluding diaryl/α,β-unsaturated/α-hetero) is 1. The molecule has 0 aliphatic heterocycles. The number of hydrogen-bond donors (Lipinski definition) is 1. The van der Waals surface area contributed by atoms with Crippen LogP contribution >= 0.6 is 0 Å². The third kappa shape index (κ3) is 4.00. The first-order valence-electron chi connectivity index (χ1n) is 7.49. The summed E-state index contributed by atoms with van der Waals surface area (Å²) in [5.41, 5.74) is 7.62. The van der Waals surface area contributed by atoms with Gasteiger partial charge in [-0.2, -0.15) is 0 Å². The first kappa shape index (κ1) is 17.2. The number of ether oxygens (including phenoxy) is 2. The predicted octanol–water partition coefficient (Wildman–Crippen LogP) is 1.94. The van der Waals surface area contributed by atoms with Gasteiger partial charge in [0.2, 0.25) is 0 Å². The Labute approximate surface area is 134 Å². The molecule has 0 bridgehead atoms. The molecule has 0 saturated carbocycles. The van der Waals surface area contributed by atoms with Crippen molar-refractivity contribution in [3.05, 3.63) is 24.1 Å². The summed E-state index contributed by atoms with van der Waals surface area (Å²) in [6, 6.07) is 2.82. The highest BCUT2D eigenvalue weighted by molar-refractivity contribution is 5.97. The molecule has 0 spiro atoms. The summed E-state index contributed by atoms with van der Waals surface area (Å²) >= 11 is 0. The van der Waals surface area contributed by atoms with Crippen molar-refractivity contribution in [2.24, 2.45) is 11.7 Å². The van der Waals surface area contributed by atoms with Gasteiger partial charge in [0.25, 0.3) is 0 Å². The summed E-state index contributed by atoms with van der Waals surface area (Å²) in [5, 5.41) is 0. The van der Waals surface area contributed by atoms with Crippen LogP contribution in [0.25, 0.3) is 11.1 Å². The summed E-state index contributed by atoms with van der Waals surface area (Å²) < 4.78 is 17.5. The van der Waals surface area contributed by atoms with Crippen LogP contribution in [0.3, 0.4) is 0 Å². The van der Waals surface area contributed by atoms with Crippen LogP contribution in [-0.2, 0) is 21.0 Å². The molecule has 0 amide bonds. The largest absolute Gasteiger partial charge is 0.463 e. The molecule has 1 atom stereocenters. The highest BCUT2D eigenvalue weighted by Crippen LogP contribution is 2.21. The van der Waals surface area contributed by atoms with E-state index in [-0.39, 0.29) is 31.6 Å². The van der Waals surface area contributed by atoms with Gasteiger partial charge in [0.15, 0.2) is 11.4 Å². The van der Waals surface area contributed by atoms with Gasteiger partial charge in [-0.25, -0.2) is 0 Å². The first-order chi connectivity index (χ1) is 10.9. The molecule has 0 fully saturated rings. The molecule has 0 aliphatic rings. The van der Waals surface area contributed by atoms with Crippen molar-refractivity contribution in [3.8, 4) is 0 Å². The SMILES string of the molecule is CC(=O)c1cc2occc2n1COCCOC(=O)[C@H](N)C(C)C. The van der Waals surface area contributed by atoms with Crippen molar-refractivity contribution in [3.63, 3.8) is 0 Å². The fourth-order valence-corrected chi connectivity index (χ4v) is 2.13. The second kappa shape index (κ2) is 7.43. The average molecular weight is 322 g/mol. The van der Waals surface area contributed by atoms with Crippen LogP contribution < -0.4 is 5.73 Å². The summed E-state index contributed by atoms with van der Waals surface area (Å²) in [6.45, 7) is 5.70. The molecule has 0 aliphatic carbocycles. The van der Waals surface area contributed by atoms with Crippen LogP contribution in [0.1, 0.15) is 31.3 Å². The molecule has 126 valence electrons. The molecule has 0 unspecified atom stereocenters. The quantitative estimate of drug-likeness (QED) is 0.453. The normalized spacial score (nSPS) is 12.7. The van der Waals surface area contributed by atoms with Crippen LogP contribution in [0.5, 0.6) is 0 Å². The Morgan fingerprint density at radius 3 is 2.74 bits per heavy atom. The number of carbonyl (C=O) groups is 2. The minimum atomic E-state index is -0.630. The lowest BCUT2D eigenvalue weighted by atomic mass is 10.1. The second-order valence-corrected chi connectivity index (χ2v) is 5.66. The number of aromatic nitrogens is 1. The zero-order valence-corrected chi connectivity index (χ0v) is 13.6. The maximum Gasteiger partial charge on any atom is 0.323 e. The smallest absolute Gasteiger partial charge is 0.323 e.